The van der Waals surface area contributed by atoms with Crippen LogP contribution in [0.5, 0.6) is 0 Å². The Morgan fingerprint density at radius 1 is 1.21 bits per heavy atom. The third kappa shape index (κ3) is 3.70. The van der Waals surface area contributed by atoms with E-state index in [1.54, 1.807) is 29.0 Å². The lowest BCUT2D eigenvalue weighted by Gasteiger charge is -2.10. The molecule has 0 aliphatic heterocycles. The molecule has 0 saturated carbocycles. The van der Waals surface area contributed by atoms with Crippen LogP contribution >= 0.6 is 23.4 Å². The molecule has 4 aromatic rings. The van der Waals surface area contributed by atoms with E-state index in [4.69, 9.17) is 11.6 Å². The van der Waals surface area contributed by atoms with Crippen LogP contribution in [0.15, 0.2) is 52.5 Å². The Morgan fingerprint density at radius 3 is 2.83 bits per heavy atom. The molecule has 0 saturated heterocycles. The maximum Gasteiger partial charge on any atom is 0.262 e. The summed E-state index contributed by atoms with van der Waals surface area (Å²) in [6.07, 6.45) is 2.34. The number of carbonyl (C=O) groups excluding carboxylic acids is 1. The molecule has 4 rings (SSSR count). The number of halogens is 1. The van der Waals surface area contributed by atoms with Crippen molar-refractivity contribution in [3.8, 4) is 0 Å². The van der Waals surface area contributed by atoms with Crippen molar-refractivity contribution >= 4 is 51.6 Å². The zero-order chi connectivity index (χ0) is 20.4. The van der Waals surface area contributed by atoms with Crippen molar-refractivity contribution in [2.75, 3.05) is 11.1 Å². The Morgan fingerprint density at radius 2 is 2.03 bits per heavy atom. The highest BCUT2D eigenvalue weighted by atomic mass is 35.5. The number of aryl methyl sites for hydroxylation is 1. The predicted molar refractivity (Wildman–Crippen MR) is 114 cm³/mol. The van der Waals surface area contributed by atoms with Gasteiger partial charge in [-0.05, 0) is 30.7 Å². The Hall–Kier alpha value is -2.91. The molecule has 0 aliphatic carbocycles. The fourth-order valence-electron chi connectivity index (χ4n) is 3.05. The Bertz CT molecular complexity index is 1270. The van der Waals surface area contributed by atoms with Crippen LogP contribution in [0.3, 0.4) is 0 Å². The van der Waals surface area contributed by atoms with E-state index in [9.17, 15) is 9.59 Å². The lowest BCUT2D eigenvalue weighted by molar-refractivity contribution is -0.113. The molecule has 0 unspecified atom stereocenters. The molecule has 148 valence electrons. The molecule has 1 aromatic carbocycles. The van der Waals surface area contributed by atoms with Gasteiger partial charge in [-0.1, -0.05) is 42.4 Å². The normalized spacial score (nSPS) is 11.2. The minimum atomic E-state index is -0.243. The molecule has 0 fully saturated rings. The highest BCUT2D eigenvalue weighted by Crippen LogP contribution is 2.23. The number of thioether (sulfide) groups is 1. The number of pyridine rings is 1. The topological polar surface area (TPSA) is 94.2 Å². The van der Waals surface area contributed by atoms with Crippen LogP contribution in [0.4, 0.5) is 5.69 Å². The molecule has 1 amide bonds. The number of hydrogen-bond donors (Lipinski definition) is 1. The Kier molecular flexibility index (Phi) is 5.50. The maximum absolute atomic E-state index is 12.8. The number of rotatable bonds is 6. The molecule has 0 aliphatic rings. The monoisotopic (exact) mass is 428 g/mol. The minimum Gasteiger partial charge on any atom is -0.323 e. The van der Waals surface area contributed by atoms with E-state index in [1.165, 1.54) is 11.8 Å². The summed E-state index contributed by atoms with van der Waals surface area (Å²) in [4.78, 5) is 29.1. The summed E-state index contributed by atoms with van der Waals surface area (Å²) < 4.78 is 3.44. The van der Waals surface area contributed by atoms with E-state index in [0.29, 0.717) is 34.1 Å². The van der Waals surface area contributed by atoms with Crippen molar-refractivity contribution in [1.29, 1.82) is 0 Å². The van der Waals surface area contributed by atoms with Crippen molar-refractivity contribution in [1.82, 2.24) is 24.1 Å². The van der Waals surface area contributed by atoms with Crippen LogP contribution < -0.4 is 10.9 Å². The van der Waals surface area contributed by atoms with E-state index >= 15 is 0 Å². The highest BCUT2D eigenvalue weighted by molar-refractivity contribution is 7.99. The van der Waals surface area contributed by atoms with Gasteiger partial charge >= 0.3 is 0 Å². The van der Waals surface area contributed by atoms with E-state index < -0.39 is 0 Å². The largest absolute Gasteiger partial charge is 0.323 e. The lowest BCUT2D eigenvalue weighted by atomic mass is 10.2. The standard InChI is InChI=1S/C19H17ClN6O2S/c1-2-10-25-17(28)12-6-3-4-8-14(12)26-18(25)23-24-19(26)29-11-15(27)22-13-7-5-9-21-16(13)20/h3-9H,2,10-11H2,1H3,(H,22,27). The fourth-order valence-corrected chi connectivity index (χ4v) is 3.95. The summed E-state index contributed by atoms with van der Waals surface area (Å²) in [5, 5.41) is 12.5. The van der Waals surface area contributed by atoms with Gasteiger partial charge in [-0.3, -0.25) is 18.6 Å². The second-order valence-corrected chi connectivity index (χ2v) is 7.57. The quantitative estimate of drug-likeness (QED) is 0.374. The lowest BCUT2D eigenvalue weighted by Crippen LogP contribution is -2.23. The van der Waals surface area contributed by atoms with Crippen LogP contribution in [0, 0.1) is 0 Å². The maximum atomic E-state index is 12.8. The van der Waals surface area contributed by atoms with Crippen LogP contribution in [-0.2, 0) is 11.3 Å². The smallest absolute Gasteiger partial charge is 0.262 e. The SMILES string of the molecule is CCCn1c(=O)c2ccccc2n2c(SCC(=O)Nc3cccnc3Cl)nnc12. The summed E-state index contributed by atoms with van der Waals surface area (Å²) in [5.41, 5.74) is 1.07. The van der Waals surface area contributed by atoms with Gasteiger partial charge < -0.3 is 5.32 Å². The van der Waals surface area contributed by atoms with Gasteiger partial charge in [0, 0.05) is 12.7 Å². The molecular formula is C19H17ClN6O2S. The third-order valence-corrected chi connectivity index (χ3v) is 5.52. The summed E-state index contributed by atoms with van der Waals surface area (Å²) >= 11 is 7.22. The van der Waals surface area contributed by atoms with Gasteiger partial charge in [-0.25, -0.2) is 4.98 Å². The molecule has 0 radical (unpaired) electrons. The first-order valence-corrected chi connectivity index (χ1v) is 10.4. The van der Waals surface area contributed by atoms with Gasteiger partial charge in [0.25, 0.3) is 5.56 Å². The molecule has 0 spiro atoms. The molecule has 29 heavy (non-hydrogen) atoms. The van der Waals surface area contributed by atoms with Gasteiger partial charge in [0.2, 0.25) is 11.7 Å². The van der Waals surface area contributed by atoms with Gasteiger partial charge in [0.1, 0.15) is 0 Å². The average molecular weight is 429 g/mol. The number of nitrogens with zero attached hydrogens (tertiary/aromatic N) is 5. The molecule has 10 heteroatoms. The zero-order valence-corrected chi connectivity index (χ0v) is 17.1. The van der Waals surface area contributed by atoms with E-state index in [2.05, 4.69) is 20.5 Å². The van der Waals surface area contributed by atoms with Crippen LogP contribution in [0.25, 0.3) is 16.7 Å². The number of carbonyl (C=O) groups is 1. The van der Waals surface area contributed by atoms with Crippen molar-refractivity contribution in [2.45, 2.75) is 25.0 Å². The molecule has 0 bridgehead atoms. The average Bonchev–Trinajstić information content (AvgIpc) is 3.15. The first kappa shape index (κ1) is 19.4. The van der Waals surface area contributed by atoms with Crippen molar-refractivity contribution in [3.63, 3.8) is 0 Å². The van der Waals surface area contributed by atoms with Gasteiger partial charge in [0.15, 0.2) is 10.3 Å². The Labute approximate surface area is 174 Å². The Balaban J connectivity index is 1.67. The number of nitrogens with one attached hydrogen (secondary N) is 1. The molecule has 1 N–H and O–H groups in total. The number of benzene rings is 1. The van der Waals surface area contributed by atoms with Crippen LogP contribution in [0.2, 0.25) is 5.15 Å². The fraction of sp³-hybridized carbons (Fsp3) is 0.211. The number of amides is 1. The van der Waals surface area contributed by atoms with E-state index in [1.807, 2.05) is 29.5 Å². The second-order valence-electron chi connectivity index (χ2n) is 6.27. The number of anilines is 1. The first-order chi connectivity index (χ1) is 14.1. The zero-order valence-electron chi connectivity index (χ0n) is 15.5. The van der Waals surface area contributed by atoms with E-state index in [0.717, 1.165) is 6.42 Å². The van der Waals surface area contributed by atoms with Crippen molar-refractivity contribution in [2.24, 2.45) is 0 Å². The van der Waals surface area contributed by atoms with Crippen LogP contribution in [-0.4, -0.2) is 35.8 Å². The molecular weight excluding hydrogens is 412 g/mol. The molecule has 0 atom stereocenters. The first-order valence-electron chi connectivity index (χ1n) is 9.00. The minimum absolute atomic E-state index is 0.0946. The third-order valence-electron chi connectivity index (χ3n) is 4.29. The van der Waals surface area contributed by atoms with Gasteiger partial charge in [-0.15, -0.1) is 10.2 Å². The highest BCUT2D eigenvalue weighted by Gasteiger charge is 2.17. The molecule has 8 nitrogen and oxygen atoms in total. The summed E-state index contributed by atoms with van der Waals surface area (Å²) in [6, 6.07) is 10.7. The number of fused-ring (bicyclic) bond motifs is 3. The van der Waals surface area contributed by atoms with Crippen molar-refractivity contribution < 1.29 is 4.79 Å². The number of aromatic nitrogens is 5. The van der Waals surface area contributed by atoms with E-state index in [-0.39, 0.29) is 22.4 Å². The molecule has 3 aromatic heterocycles. The number of para-hydroxylation sites is 1. The predicted octanol–water partition coefficient (Wildman–Crippen LogP) is 3.23. The van der Waals surface area contributed by atoms with Gasteiger partial charge in [0.05, 0.1) is 22.3 Å². The summed E-state index contributed by atoms with van der Waals surface area (Å²) in [5.74, 6) is 0.328. The second kappa shape index (κ2) is 8.22. The molecule has 3 heterocycles. The number of hydrogen-bond acceptors (Lipinski definition) is 6. The van der Waals surface area contributed by atoms with Crippen LogP contribution in [0.1, 0.15) is 13.3 Å². The summed E-state index contributed by atoms with van der Waals surface area (Å²) in [6.45, 7) is 2.54. The van der Waals surface area contributed by atoms with Gasteiger partial charge in [-0.2, -0.15) is 0 Å². The summed E-state index contributed by atoms with van der Waals surface area (Å²) in [7, 11) is 0. The van der Waals surface area contributed by atoms with Crippen molar-refractivity contribution in [3.05, 3.63) is 58.1 Å².